The Balaban J connectivity index is 2.04. The van der Waals surface area contributed by atoms with Gasteiger partial charge in [0.15, 0.2) is 0 Å². The molecule has 0 aliphatic carbocycles. The van der Waals surface area contributed by atoms with Crippen molar-refractivity contribution in [2.45, 2.75) is 34.2 Å². The first kappa shape index (κ1) is 17.3. The van der Waals surface area contributed by atoms with Gasteiger partial charge in [0.2, 0.25) is 0 Å². The van der Waals surface area contributed by atoms with Gasteiger partial charge in [-0.2, -0.15) is 0 Å². The van der Waals surface area contributed by atoms with Crippen molar-refractivity contribution < 1.29 is 0 Å². The number of fused-ring (bicyclic) bond motifs is 1. The molecule has 2 aromatic rings. The first-order chi connectivity index (χ1) is 10.9. The van der Waals surface area contributed by atoms with E-state index in [-0.39, 0.29) is 5.41 Å². The summed E-state index contributed by atoms with van der Waals surface area (Å²) < 4.78 is 0. The van der Waals surface area contributed by atoms with Crippen LogP contribution in [0.4, 0.5) is 0 Å². The van der Waals surface area contributed by atoms with Crippen LogP contribution in [0.15, 0.2) is 48.6 Å². The van der Waals surface area contributed by atoms with Gasteiger partial charge in [0.05, 0.1) is 0 Å². The summed E-state index contributed by atoms with van der Waals surface area (Å²) in [6.07, 6.45) is 4.10. The van der Waals surface area contributed by atoms with Crippen LogP contribution in [-0.4, -0.2) is 18.5 Å². The lowest BCUT2D eigenvalue weighted by Crippen LogP contribution is -2.17. The lowest BCUT2D eigenvalue weighted by molar-refractivity contribution is 0.365. The van der Waals surface area contributed by atoms with Gasteiger partial charge in [-0.15, -0.1) is 0 Å². The molecule has 0 N–H and O–H groups in total. The number of allylic oxidation sites excluding steroid dienone is 1. The van der Waals surface area contributed by atoms with Gasteiger partial charge in [0, 0.05) is 18.5 Å². The number of hydrogen-bond donors (Lipinski definition) is 0. The van der Waals surface area contributed by atoms with Crippen molar-refractivity contribution in [3.05, 3.63) is 59.7 Å². The number of aryl methyl sites for hydroxylation is 1. The summed E-state index contributed by atoms with van der Waals surface area (Å²) in [5.74, 6) is 6.34. The van der Waals surface area contributed by atoms with Crippen molar-refractivity contribution in [2.24, 2.45) is 5.41 Å². The van der Waals surface area contributed by atoms with Crippen molar-refractivity contribution in [3.63, 3.8) is 0 Å². The molecule has 0 saturated heterocycles. The van der Waals surface area contributed by atoms with E-state index >= 15 is 0 Å². The van der Waals surface area contributed by atoms with Crippen molar-refractivity contribution in [1.29, 1.82) is 0 Å². The fraction of sp³-hybridized carbons (Fsp3) is 0.364. The summed E-state index contributed by atoms with van der Waals surface area (Å²) in [6.45, 7) is 10.4. The molecule has 0 heterocycles. The molecular weight excluding hydrogens is 278 g/mol. The third-order valence-electron chi connectivity index (χ3n) is 3.74. The highest BCUT2D eigenvalue weighted by Gasteiger charge is 2.05. The highest BCUT2D eigenvalue weighted by molar-refractivity contribution is 5.88. The van der Waals surface area contributed by atoms with Crippen molar-refractivity contribution >= 4 is 10.8 Å². The third kappa shape index (κ3) is 5.27. The van der Waals surface area contributed by atoms with E-state index < -0.39 is 0 Å². The zero-order valence-corrected chi connectivity index (χ0v) is 15.0. The van der Waals surface area contributed by atoms with Crippen LogP contribution in [0, 0.1) is 24.2 Å². The molecule has 1 nitrogen and oxygen atoms in total. The Kier molecular flexibility index (Phi) is 5.64. The molecule has 0 fully saturated rings. The van der Waals surface area contributed by atoms with Crippen LogP contribution in [0.25, 0.3) is 10.8 Å². The molecule has 0 amide bonds. The standard InChI is InChI=1S/C22H27N/c1-18-13-14-19(21-12-8-7-11-20(18)21)17-23(5)16-10-6-9-15-22(2,3)4/h6-8,10-14H,16-17H2,1-5H3/b10-6+. The van der Waals surface area contributed by atoms with Gasteiger partial charge >= 0.3 is 0 Å². The molecule has 120 valence electrons. The molecule has 23 heavy (non-hydrogen) atoms. The smallest absolute Gasteiger partial charge is 0.0240 e. The van der Waals surface area contributed by atoms with Crippen LogP contribution in [0.2, 0.25) is 0 Å². The normalized spacial score (nSPS) is 11.9. The van der Waals surface area contributed by atoms with E-state index in [0.717, 1.165) is 13.1 Å². The maximum atomic E-state index is 3.22. The zero-order valence-electron chi connectivity index (χ0n) is 15.0. The van der Waals surface area contributed by atoms with E-state index in [1.807, 2.05) is 6.08 Å². The Morgan fingerprint density at radius 3 is 2.43 bits per heavy atom. The lowest BCUT2D eigenvalue weighted by Gasteiger charge is -2.16. The molecule has 0 aliphatic rings. The molecule has 0 radical (unpaired) electrons. The molecular formula is C22H27N. The van der Waals surface area contributed by atoms with Crippen molar-refractivity contribution in [1.82, 2.24) is 4.90 Å². The Labute approximate surface area is 141 Å². The molecule has 0 aliphatic heterocycles. The summed E-state index contributed by atoms with van der Waals surface area (Å²) in [4.78, 5) is 2.31. The molecule has 0 saturated carbocycles. The SMILES string of the molecule is Cc1ccc(CN(C)C/C=C/C#CC(C)(C)C)c2ccccc12. The first-order valence-corrected chi connectivity index (χ1v) is 8.20. The van der Waals surface area contributed by atoms with Gasteiger partial charge in [-0.1, -0.05) is 54.3 Å². The predicted octanol–water partition coefficient (Wildman–Crippen LogP) is 5.19. The van der Waals surface area contributed by atoms with E-state index in [0.29, 0.717) is 0 Å². The van der Waals surface area contributed by atoms with Gasteiger partial charge in [0.1, 0.15) is 0 Å². The average Bonchev–Trinajstić information content (AvgIpc) is 2.49. The van der Waals surface area contributed by atoms with E-state index in [9.17, 15) is 0 Å². The maximum absolute atomic E-state index is 3.22. The van der Waals surface area contributed by atoms with Crippen molar-refractivity contribution in [2.75, 3.05) is 13.6 Å². The minimum absolute atomic E-state index is 0.0665. The molecule has 0 spiro atoms. The molecule has 0 unspecified atom stereocenters. The number of likely N-dealkylation sites (N-methyl/N-ethyl adjacent to an activating group) is 1. The van der Waals surface area contributed by atoms with E-state index in [1.165, 1.54) is 21.9 Å². The molecule has 1 heteroatoms. The van der Waals surface area contributed by atoms with Crippen LogP contribution in [0.3, 0.4) is 0 Å². The van der Waals surface area contributed by atoms with Crippen LogP contribution < -0.4 is 0 Å². The predicted molar refractivity (Wildman–Crippen MR) is 101 cm³/mol. The Morgan fingerprint density at radius 1 is 1.04 bits per heavy atom. The number of benzene rings is 2. The number of hydrogen-bond acceptors (Lipinski definition) is 1. The lowest BCUT2D eigenvalue weighted by atomic mass is 9.98. The summed E-state index contributed by atoms with van der Waals surface area (Å²) in [6, 6.07) is 13.1. The minimum Gasteiger partial charge on any atom is -0.298 e. The second-order valence-corrected chi connectivity index (χ2v) is 7.21. The highest BCUT2D eigenvalue weighted by atomic mass is 15.1. The maximum Gasteiger partial charge on any atom is 0.0240 e. The third-order valence-corrected chi connectivity index (χ3v) is 3.74. The minimum atomic E-state index is 0.0665. The average molecular weight is 305 g/mol. The van der Waals surface area contributed by atoms with Gasteiger partial charge in [-0.3, -0.25) is 4.90 Å². The van der Waals surface area contributed by atoms with E-state index in [2.05, 4.69) is 94.0 Å². The highest BCUT2D eigenvalue weighted by Crippen LogP contribution is 2.23. The van der Waals surface area contributed by atoms with Gasteiger partial charge in [0.25, 0.3) is 0 Å². The van der Waals surface area contributed by atoms with Crippen LogP contribution in [-0.2, 0) is 6.54 Å². The largest absolute Gasteiger partial charge is 0.298 e. The zero-order chi connectivity index (χ0) is 16.9. The Bertz CT molecular complexity index is 751. The number of rotatable bonds is 4. The van der Waals surface area contributed by atoms with Crippen molar-refractivity contribution in [3.8, 4) is 11.8 Å². The number of nitrogens with zero attached hydrogens (tertiary/aromatic N) is 1. The second kappa shape index (κ2) is 7.49. The Morgan fingerprint density at radius 2 is 1.74 bits per heavy atom. The summed E-state index contributed by atoms with van der Waals surface area (Å²) in [7, 11) is 2.15. The van der Waals surface area contributed by atoms with Crippen LogP contribution >= 0.6 is 0 Å². The molecule has 2 rings (SSSR count). The molecule has 0 atom stereocenters. The monoisotopic (exact) mass is 305 g/mol. The molecule has 0 bridgehead atoms. The topological polar surface area (TPSA) is 3.24 Å². The fourth-order valence-electron chi connectivity index (χ4n) is 2.56. The molecule has 0 aromatic heterocycles. The Hall–Kier alpha value is -2.04. The van der Waals surface area contributed by atoms with E-state index in [4.69, 9.17) is 0 Å². The quantitative estimate of drug-likeness (QED) is 0.703. The molecule has 2 aromatic carbocycles. The van der Waals surface area contributed by atoms with E-state index in [1.54, 1.807) is 0 Å². The van der Waals surface area contributed by atoms with Crippen LogP contribution in [0.5, 0.6) is 0 Å². The summed E-state index contributed by atoms with van der Waals surface area (Å²) >= 11 is 0. The fourth-order valence-corrected chi connectivity index (χ4v) is 2.56. The van der Waals surface area contributed by atoms with Gasteiger partial charge in [-0.05, 0) is 62.7 Å². The van der Waals surface area contributed by atoms with Gasteiger partial charge in [-0.25, -0.2) is 0 Å². The summed E-state index contributed by atoms with van der Waals surface area (Å²) in [5.41, 5.74) is 2.78. The second-order valence-electron chi connectivity index (χ2n) is 7.21. The first-order valence-electron chi connectivity index (χ1n) is 8.20. The van der Waals surface area contributed by atoms with Crippen LogP contribution in [0.1, 0.15) is 31.9 Å². The summed E-state index contributed by atoms with van der Waals surface area (Å²) in [5, 5.41) is 2.71. The van der Waals surface area contributed by atoms with Gasteiger partial charge < -0.3 is 0 Å².